The van der Waals surface area contributed by atoms with Crippen LogP contribution in [0.4, 0.5) is 5.95 Å². The van der Waals surface area contributed by atoms with Crippen LogP contribution in [0.25, 0.3) is 0 Å². The number of likely N-dealkylation sites (tertiary alicyclic amines) is 1. The lowest BCUT2D eigenvalue weighted by Crippen LogP contribution is -2.43. The number of hydrogen-bond acceptors (Lipinski definition) is 7. The van der Waals surface area contributed by atoms with Crippen molar-refractivity contribution in [3.05, 3.63) is 0 Å². The van der Waals surface area contributed by atoms with Crippen LogP contribution in [0.5, 0.6) is 0 Å². The first-order valence-corrected chi connectivity index (χ1v) is 8.19. The second-order valence-corrected chi connectivity index (χ2v) is 6.42. The standard InChI is InChI=1S/C13H21N5O3S/c1-3-21-11(20)9-4-6-18(7-5-9)10(19)8(2)22-13-15-12(14)16-17-13/h8-9H,3-7H2,1-2H3,(H3,14,15,16,17)/t8-/m1/s1. The highest BCUT2D eigenvalue weighted by atomic mass is 32.2. The minimum Gasteiger partial charge on any atom is -0.466 e. The number of nitrogens with zero attached hydrogens (tertiary/aromatic N) is 3. The zero-order chi connectivity index (χ0) is 16.1. The van der Waals surface area contributed by atoms with Gasteiger partial charge in [0.25, 0.3) is 0 Å². The average molecular weight is 327 g/mol. The number of carbonyl (C=O) groups is 2. The van der Waals surface area contributed by atoms with E-state index in [1.807, 2.05) is 6.92 Å². The Bertz CT molecular complexity index is 528. The maximum atomic E-state index is 12.4. The molecular weight excluding hydrogens is 306 g/mol. The molecule has 0 aromatic carbocycles. The molecule has 0 radical (unpaired) electrons. The van der Waals surface area contributed by atoms with Gasteiger partial charge >= 0.3 is 5.97 Å². The first-order chi connectivity index (χ1) is 10.5. The number of nitrogens with two attached hydrogens (primary N) is 1. The fraction of sp³-hybridized carbons (Fsp3) is 0.692. The van der Waals surface area contributed by atoms with Crippen molar-refractivity contribution in [2.24, 2.45) is 5.92 Å². The normalized spacial score (nSPS) is 17.3. The number of H-pyrrole nitrogens is 1. The molecule has 9 heteroatoms. The minimum atomic E-state index is -0.297. The van der Waals surface area contributed by atoms with Crippen LogP contribution in [0.3, 0.4) is 0 Å². The molecule has 2 rings (SSSR count). The summed E-state index contributed by atoms with van der Waals surface area (Å²) < 4.78 is 5.03. The number of esters is 1. The SMILES string of the molecule is CCOC(=O)C1CCN(C(=O)[C@@H](C)Sc2n[nH]c(N)n2)CC1. The summed E-state index contributed by atoms with van der Waals surface area (Å²) in [6.45, 7) is 5.15. The molecule has 22 heavy (non-hydrogen) atoms. The summed E-state index contributed by atoms with van der Waals surface area (Å²) in [5.41, 5.74) is 5.46. The van der Waals surface area contributed by atoms with Crippen LogP contribution in [0.2, 0.25) is 0 Å². The molecule has 0 aliphatic carbocycles. The van der Waals surface area contributed by atoms with Crippen molar-refractivity contribution in [2.75, 3.05) is 25.4 Å². The Balaban J connectivity index is 1.82. The molecule has 1 aromatic rings. The van der Waals surface area contributed by atoms with E-state index < -0.39 is 0 Å². The lowest BCUT2D eigenvalue weighted by atomic mass is 9.97. The van der Waals surface area contributed by atoms with E-state index in [4.69, 9.17) is 10.5 Å². The van der Waals surface area contributed by atoms with Gasteiger partial charge in [-0.2, -0.15) is 4.98 Å². The first kappa shape index (κ1) is 16.6. The second-order valence-electron chi connectivity index (χ2n) is 5.11. The van der Waals surface area contributed by atoms with Gasteiger partial charge in [-0.15, -0.1) is 5.10 Å². The number of thioether (sulfide) groups is 1. The van der Waals surface area contributed by atoms with Crippen molar-refractivity contribution >= 4 is 29.6 Å². The summed E-state index contributed by atoms with van der Waals surface area (Å²) in [5.74, 6) is 0.000986. The van der Waals surface area contributed by atoms with E-state index in [2.05, 4.69) is 15.2 Å². The minimum absolute atomic E-state index is 0.0238. The third-order valence-corrected chi connectivity index (χ3v) is 4.49. The summed E-state index contributed by atoms with van der Waals surface area (Å²) in [5, 5.41) is 6.61. The van der Waals surface area contributed by atoms with Crippen molar-refractivity contribution in [3.63, 3.8) is 0 Å². The van der Waals surface area contributed by atoms with Crippen LogP contribution >= 0.6 is 11.8 Å². The summed E-state index contributed by atoms with van der Waals surface area (Å²) in [4.78, 5) is 29.9. The Morgan fingerprint density at radius 1 is 1.50 bits per heavy atom. The third kappa shape index (κ3) is 4.12. The van der Waals surface area contributed by atoms with E-state index in [1.165, 1.54) is 11.8 Å². The van der Waals surface area contributed by atoms with Crippen LogP contribution in [0.1, 0.15) is 26.7 Å². The number of aromatic nitrogens is 3. The first-order valence-electron chi connectivity index (χ1n) is 7.31. The van der Waals surface area contributed by atoms with Gasteiger partial charge in [0.1, 0.15) is 0 Å². The number of aromatic amines is 1. The van der Waals surface area contributed by atoms with Gasteiger partial charge in [0.15, 0.2) is 0 Å². The molecule has 2 heterocycles. The molecule has 1 atom stereocenters. The Kier molecular flexibility index (Phi) is 5.64. The summed E-state index contributed by atoms with van der Waals surface area (Å²) in [6.07, 6.45) is 1.30. The Hall–Kier alpha value is -1.77. The highest BCUT2D eigenvalue weighted by molar-refractivity contribution is 8.00. The number of anilines is 1. The predicted molar refractivity (Wildman–Crippen MR) is 82.1 cm³/mol. The van der Waals surface area contributed by atoms with Gasteiger partial charge in [0.2, 0.25) is 17.0 Å². The van der Waals surface area contributed by atoms with Gasteiger partial charge in [0, 0.05) is 13.1 Å². The lowest BCUT2D eigenvalue weighted by Gasteiger charge is -2.32. The van der Waals surface area contributed by atoms with Gasteiger partial charge < -0.3 is 15.4 Å². The molecule has 8 nitrogen and oxygen atoms in total. The van der Waals surface area contributed by atoms with Crippen molar-refractivity contribution < 1.29 is 14.3 Å². The molecule has 1 aromatic heterocycles. The van der Waals surface area contributed by atoms with Gasteiger partial charge in [-0.3, -0.25) is 9.59 Å². The van der Waals surface area contributed by atoms with Crippen molar-refractivity contribution in [3.8, 4) is 0 Å². The molecule has 1 amide bonds. The van der Waals surface area contributed by atoms with E-state index in [-0.39, 0.29) is 29.0 Å². The van der Waals surface area contributed by atoms with E-state index in [0.29, 0.717) is 37.7 Å². The Labute approximate surface area is 133 Å². The second kappa shape index (κ2) is 7.48. The number of nitrogen functional groups attached to an aromatic ring is 1. The lowest BCUT2D eigenvalue weighted by molar-refractivity contribution is -0.151. The Morgan fingerprint density at radius 3 is 2.73 bits per heavy atom. The average Bonchev–Trinajstić information content (AvgIpc) is 2.92. The number of amides is 1. The van der Waals surface area contributed by atoms with Gasteiger partial charge in [-0.05, 0) is 26.7 Å². The van der Waals surface area contributed by atoms with E-state index >= 15 is 0 Å². The molecule has 1 aliphatic rings. The molecular formula is C13H21N5O3S. The molecule has 0 spiro atoms. The summed E-state index contributed by atoms with van der Waals surface area (Å²) >= 11 is 1.27. The monoisotopic (exact) mass is 327 g/mol. The smallest absolute Gasteiger partial charge is 0.309 e. The Morgan fingerprint density at radius 2 is 2.18 bits per heavy atom. The van der Waals surface area contributed by atoms with Gasteiger partial charge in [0.05, 0.1) is 17.8 Å². The van der Waals surface area contributed by atoms with E-state index in [1.54, 1.807) is 11.8 Å². The van der Waals surface area contributed by atoms with Gasteiger partial charge in [-0.25, -0.2) is 5.10 Å². The molecule has 0 saturated carbocycles. The van der Waals surface area contributed by atoms with Gasteiger partial charge in [-0.1, -0.05) is 11.8 Å². The molecule has 1 fully saturated rings. The van der Waals surface area contributed by atoms with Crippen LogP contribution in [-0.4, -0.2) is 56.9 Å². The number of hydrogen-bond donors (Lipinski definition) is 2. The zero-order valence-corrected chi connectivity index (χ0v) is 13.6. The molecule has 1 saturated heterocycles. The van der Waals surface area contributed by atoms with Crippen LogP contribution in [-0.2, 0) is 14.3 Å². The number of nitrogens with one attached hydrogen (secondary N) is 1. The predicted octanol–water partition coefficient (Wildman–Crippen LogP) is 0.669. The van der Waals surface area contributed by atoms with Crippen LogP contribution in [0.15, 0.2) is 5.16 Å². The largest absolute Gasteiger partial charge is 0.466 e. The number of ether oxygens (including phenoxy) is 1. The highest BCUT2D eigenvalue weighted by Gasteiger charge is 2.30. The molecule has 3 N–H and O–H groups in total. The van der Waals surface area contributed by atoms with Crippen molar-refractivity contribution in [1.82, 2.24) is 20.1 Å². The fourth-order valence-corrected chi connectivity index (χ4v) is 3.19. The number of piperidine rings is 1. The zero-order valence-electron chi connectivity index (χ0n) is 12.7. The van der Waals surface area contributed by atoms with Crippen molar-refractivity contribution in [1.29, 1.82) is 0 Å². The van der Waals surface area contributed by atoms with Crippen molar-refractivity contribution in [2.45, 2.75) is 37.1 Å². The molecule has 0 unspecified atom stereocenters. The fourth-order valence-electron chi connectivity index (χ4n) is 2.37. The number of rotatable bonds is 5. The third-order valence-electron chi connectivity index (χ3n) is 3.54. The summed E-state index contributed by atoms with van der Waals surface area (Å²) in [6, 6.07) is 0. The maximum absolute atomic E-state index is 12.4. The van der Waals surface area contributed by atoms with E-state index in [0.717, 1.165) is 0 Å². The molecule has 1 aliphatic heterocycles. The van der Waals surface area contributed by atoms with Crippen LogP contribution in [0, 0.1) is 5.92 Å². The molecule has 0 bridgehead atoms. The summed E-state index contributed by atoms with van der Waals surface area (Å²) in [7, 11) is 0. The number of carbonyl (C=O) groups excluding carboxylic acids is 2. The van der Waals surface area contributed by atoms with Crippen LogP contribution < -0.4 is 5.73 Å². The van der Waals surface area contributed by atoms with E-state index in [9.17, 15) is 9.59 Å². The molecule has 122 valence electrons. The maximum Gasteiger partial charge on any atom is 0.309 e. The quantitative estimate of drug-likeness (QED) is 0.603. The highest BCUT2D eigenvalue weighted by Crippen LogP contribution is 2.24. The topological polar surface area (TPSA) is 114 Å².